The third-order valence-electron chi connectivity index (χ3n) is 3.71. The largest absolute Gasteiger partial charge is 0.478 e. The molecule has 0 amide bonds. The lowest BCUT2D eigenvalue weighted by Gasteiger charge is -2.03. The molecule has 5 nitrogen and oxygen atoms in total. The number of carboxylic acid groups (broad SMARTS) is 1. The Kier molecular flexibility index (Phi) is 4.95. The Morgan fingerprint density at radius 3 is 2.60 bits per heavy atom. The van der Waals surface area contributed by atoms with Crippen molar-refractivity contribution >= 4 is 23.4 Å². The number of hydrogen-bond donors (Lipinski definition) is 1. The van der Waals surface area contributed by atoms with Gasteiger partial charge in [0, 0.05) is 23.3 Å². The second kappa shape index (κ2) is 7.32. The molecule has 0 atom stereocenters. The molecule has 2 aromatic carbocycles. The summed E-state index contributed by atoms with van der Waals surface area (Å²) in [7, 11) is 0. The Bertz CT molecular complexity index is 934. The van der Waals surface area contributed by atoms with Crippen LogP contribution in [0.25, 0.3) is 0 Å². The topological polar surface area (TPSA) is 72.2 Å². The molecule has 3 aromatic rings. The lowest BCUT2D eigenvalue weighted by atomic mass is 10.0. The Morgan fingerprint density at radius 1 is 1.08 bits per heavy atom. The fourth-order valence-electron chi connectivity index (χ4n) is 2.52. The zero-order valence-corrected chi connectivity index (χ0v) is 14.0. The first-order valence-electron chi connectivity index (χ1n) is 7.63. The Hall–Kier alpha value is -2.92. The van der Waals surface area contributed by atoms with Gasteiger partial charge in [0.2, 0.25) is 0 Å². The van der Waals surface area contributed by atoms with Crippen molar-refractivity contribution in [3.63, 3.8) is 0 Å². The van der Waals surface area contributed by atoms with Crippen molar-refractivity contribution in [3.05, 3.63) is 88.5 Å². The molecule has 0 radical (unpaired) electrons. The van der Waals surface area contributed by atoms with Crippen LogP contribution >= 0.6 is 11.6 Å². The number of carbonyl (C=O) groups is 2. The van der Waals surface area contributed by atoms with Crippen LogP contribution in [0.15, 0.2) is 61.1 Å². The summed E-state index contributed by atoms with van der Waals surface area (Å²) in [5.41, 5.74) is 2.13. The maximum absolute atomic E-state index is 12.3. The van der Waals surface area contributed by atoms with E-state index in [1.54, 1.807) is 24.7 Å². The zero-order valence-electron chi connectivity index (χ0n) is 13.2. The third-order valence-corrected chi connectivity index (χ3v) is 3.95. The molecule has 0 fully saturated rings. The molecule has 25 heavy (non-hydrogen) atoms. The summed E-state index contributed by atoms with van der Waals surface area (Å²) in [6.07, 6.45) is 3.59. The number of aromatic carboxylic acids is 1. The van der Waals surface area contributed by atoms with E-state index in [2.05, 4.69) is 4.98 Å². The highest BCUT2D eigenvalue weighted by atomic mass is 35.5. The Morgan fingerprint density at radius 2 is 1.84 bits per heavy atom. The third kappa shape index (κ3) is 4.33. The van der Waals surface area contributed by atoms with E-state index in [4.69, 9.17) is 16.7 Å². The fourth-order valence-corrected chi connectivity index (χ4v) is 2.74. The summed E-state index contributed by atoms with van der Waals surface area (Å²) < 4.78 is 1.88. The fraction of sp³-hybridized carbons (Fsp3) is 0.105. The van der Waals surface area contributed by atoms with E-state index < -0.39 is 5.97 Å². The highest BCUT2D eigenvalue weighted by molar-refractivity contribution is 6.30. The first kappa shape index (κ1) is 16.9. The average Bonchev–Trinajstić information content (AvgIpc) is 3.02. The van der Waals surface area contributed by atoms with Crippen molar-refractivity contribution in [2.24, 2.45) is 0 Å². The monoisotopic (exact) mass is 354 g/mol. The van der Waals surface area contributed by atoms with Gasteiger partial charge in [-0.25, -0.2) is 9.78 Å². The van der Waals surface area contributed by atoms with E-state index in [-0.39, 0.29) is 17.8 Å². The van der Waals surface area contributed by atoms with E-state index in [9.17, 15) is 9.59 Å². The highest BCUT2D eigenvalue weighted by Gasteiger charge is 2.12. The summed E-state index contributed by atoms with van der Waals surface area (Å²) in [6, 6.07) is 13.6. The molecule has 0 saturated carbocycles. The van der Waals surface area contributed by atoms with Crippen LogP contribution in [0.5, 0.6) is 0 Å². The summed E-state index contributed by atoms with van der Waals surface area (Å²) in [5, 5.41) is 9.68. The van der Waals surface area contributed by atoms with Crippen molar-refractivity contribution in [3.8, 4) is 0 Å². The Labute approximate surface area is 149 Å². The van der Waals surface area contributed by atoms with Gasteiger partial charge in [-0.05, 0) is 29.8 Å². The van der Waals surface area contributed by atoms with Crippen LogP contribution in [-0.2, 0) is 13.0 Å². The minimum atomic E-state index is -1.06. The molecule has 0 unspecified atom stereocenters. The normalized spacial score (nSPS) is 10.6. The zero-order chi connectivity index (χ0) is 17.8. The summed E-state index contributed by atoms with van der Waals surface area (Å²) in [4.78, 5) is 27.6. The van der Waals surface area contributed by atoms with E-state index in [0.717, 1.165) is 5.56 Å². The number of aromatic nitrogens is 2. The maximum Gasteiger partial charge on any atom is 0.335 e. The molecule has 3 rings (SSSR count). The van der Waals surface area contributed by atoms with Crippen molar-refractivity contribution in [1.29, 1.82) is 0 Å². The molecule has 0 saturated heterocycles. The number of imidazole rings is 1. The van der Waals surface area contributed by atoms with Gasteiger partial charge in [-0.2, -0.15) is 0 Å². The molecular formula is C19H15ClN2O3. The number of carbonyl (C=O) groups excluding carboxylic acids is 1. The molecule has 1 aromatic heterocycles. The average molecular weight is 355 g/mol. The van der Waals surface area contributed by atoms with Crippen molar-refractivity contribution in [2.75, 3.05) is 0 Å². The smallest absolute Gasteiger partial charge is 0.335 e. The van der Waals surface area contributed by atoms with Gasteiger partial charge in [0.05, 0.1) is 24.0 Å². The van der Waals surface area contributed by atoms with Crippen LogP contribution in [-0.4, -0.2) is 26.4 Å². The summed E-state index contributed by atoms with van der Waals surface area (Å²) >= 11 is 5.98. The quantitative estimate of drug-likeness (QED) is 0.685. The van der Waals surface area contributed by atoms with E-state index in [0.29, 0.717) is 22.8 Å². The van der Waals surface area contributed by atoms with Crippen LogP contribution in [0.4, 0.5) is 0 Å². The highest BCUT2D eigenvalue weighted by Crippen LogP contribution is 2.13. The molecule has 0 aliphatic carbocycles. The maximum atomic E-state index is 12.3. The standard InChI is InChI=1S/C19H15ClN2O3/c20-16-6-1-3-13(7-16)10-22-11-17(21-12-22)9-18(23)14-4-2-5-15(8-14)19(24)25/h1-8,11-12H,9-10H2,(H,24,25). The van der Waals surface area contributed by atoms with Gasteiger partial charge in [-0.15, -0.1) is 0 Å². The number of ketones is 1. The molecule has 0 spiro atoms. The van der Waals surface area contributed by atoms with E-state index >= 15 is 0 Å². The lowest BCUT2D eigenvalue weighted by Crippen LogP contribution is -2.06. The first-order chi connectivity index (χ1) is 12.0. The second-order valence-electron chi connectivity index (χ2n) is 5.65. The van der Waals surface area contributed by atoms with Crippen LogP contribution in [0.3, 0.4) is 0 Å². The van der Waals surface area contributed by atoms with E-state index in [1.807, 2.05) is 28.8 Å². The minimum Gasteiger partial charge on any atom is -0.478 e. The van der Waals surface area contributed by atoms with Gasteiger partial charge in [0.25, 0.3) is 0 Å². The summed E-state index contributed by atoms with van der Waals surface area (Å²) in [5.74, 6) is -1.23. The number of Topliss-reactive ketones (excluding diaryl/α,β-unsaturated/α-hetero) is 1. The van der Waals surface area contributed by atoms with Gasteiger partial charge < -0.3 is 9.67 Å². The van der Waals surface area contributed by atoms with Crippen molar-refractivity contribution < 1.29 is 14.7 Å². The predicted molar refractivity (Wildman–Crippen MR) is 94.2 cm³/mol. The molecular weight excluding hydrogens is 340 g/mol. The number of halogens is 1. The van der Waals surface area contributed by atoms with Gasteiger partial charge in [-0.3, -0.25) is 4.79 Å². The van der Waals surface area contributed by atoms with Gasteiger partial charge in [0.15, 0.2) is 5.78 Å². The van der Waals surface area contributed by atoms with Crippen molar-refractivity contribution in [1.82, 2.24) is 9.55 Å². The van der Waals surface area contributed by atoms with Gasteiger partial charge in [0.1, 0.15) is 0 Å². The Balaban J connectivity index is 1.69. The van der Waals surface area contributed by atoms with Crippen LogP contribution in [0.1, 0.15) is 32.0 Å². The number of nitrogens with zero attached hydrogens (tertiary/aromatic N) is 2. The molecule has 0 aliphatic heterocycles. The van der Waals surface area contributed by atoms with Gasteiger partial charge in [-0.1, -0.05) is 35.9 Å². The molecule has 126 valence electrons. The molecule has 0 aliphatic rings. The number of rotatable bonds is 6. The second-order valence-corrected chi connectivity index (χ2v) is 6.09. The SMILES string of the molecule is O=C(O)c1cccc(C(=O)Cc2cn(Cc3cccc(Cl)c3)cn2)c1. The molecule has 1 N–H and O–H groups in total. The van der Waals surface area contributed by atoms with Crippen LogP contribution in [0.2, 0.25) is 5.02 Å². The van der Waals surface area contributed by atoms with Gasteiger partial charge >= 0.3 is 5.97 Å². The number of benzene rings is 2. The summed E-state index contributed by atoms with van der Waals surface area (Å²) in [6.45, 7) is 0.607. The lowest BCUT2D eigenvalue weighted by molar-refractivity contribution is 0.0697. The molecule has 6 heteroatoms. The first-order valence-corrected chi connectivity index (χ1v) is 8.01. The molecule has 1 heterocycles. The van der Waals surface area contributed by atoms with Crippen LogP contribution in [0, 0.1) is 0 Å². The number of hydrogen-bond acceptors (Lipinski definition) is 3. The predicted octanol–water partition coefficient (Wildman–Crippen LogP) is 3.71. The van der Waals surface area contributed by atoms with E-state index in [1.165, 1.54) is 12.1 Å². The number of carboxylic acids is 1. The minimum absolute atomic E-state index is 0.0948. The molecule has 0 bridgehead atoms. The van der Waals surface area contributed by atoms with Crippen molar-refractivity contribution in [2.45, 2.75) is 13.0 Å². The van der Waals surface area contributed by atoms with Crippen LogP contribution < -0.4 is 0 Å².